The zero-order valence-corrected chi connectivity index (χ0v) is 62.1. The average Bonchev–Trinajstić information content (AvgIpc) is 0.822. The van der Waals surface area contributed by atoms with Gasteiger partial charge in [0.2, 0.25) is 0 Å². The van der Waals surface area contributed by atoms with Gasteiger partial charge in [0.15, 0.2) is 0 Å². The number of alkyl halides is 24. The molecule has 0 saturated carbocycles. The second-order valence-corrected chi connectivity index (χ2v) is 25.1. The van der Waals surface area contributed by atoms with Gasteiger partial charge in [-0.05, 0) is 127 Å². The lowest BCUT2D eigenvalue weighted by molar-refractivity contribution is -0.373. The minimum absolute atomic E-state index is 0.130. The molecular formula is C75H75F24N3O18. The molecule has 0 aliphatic carbocycles. The smallest absolute Gasteiger partial charge is 0.489 e. The van der Waals surface area contributed by atoms with Crippen molar-refractivity contribution in [1.82, 2.24) is 14.7 Å². The predicted molar refractivity (Wildman–Crippen MR) is 368 cm³/mol. The molecule has 45 heteroatoms. The van der Waals surface area contributed by atoms with Gasteiger partial charge in [0.05, 0.1) is 38.5 Å². The van der Waals surface area contributed by atoms with Gasteiger partial charge in [0.1, 0.15) is 79.4 Å². The number of aliphatic carboxylic acids is 3. The lowest BCUT2D eigenvalue weighted by atomic mass is 10.0. The first-order chi connectivity index (χ1) is 55.8. The van der Waals surface area contributed by atoms with Crippen molar-refractivity contribution < 1.29 is 192 Å². The first kappa shape index (κ1) is 101. The van der Waals surface area contributed by atoms with E-state index in [4.69, 9.17) is 43.7 Å². The van der Waals surface area contributed by atoms with Crippen molar-refractivity contribution in [2.45, 2.75) is 165 Å². The summed E-state index contributed by atoms with van der Waals surface area (Å²) in [5.41, 5.74) is 3.14. The molecule has 120 heavy (non-hydrogen) atoms. The fourth-order valence-corrected chi connectivity index (χ4v) is 10.4. The van der Waals surface area contributed by atoms with Gasteiger partial charge in [-0.15, -0.1) is 44.4 Å². The molecule has 21 nitrogen and oxygen atoms in total. The molecule has 0 aliphatic heterocycles. The zero-order chi connectivity index (χ0) is 89.8. The normalized spacial score (nSPS) is 12.9. The average molecular weight is 1760 g/mol. The zero-order valence-electron chi connectivity index (χ0n) is 62.1. The number of aryl methyl sites for hydroxylation is 6. The maximum absolute atomic E-state index is 12.9. The molecule has 0 spiro atoms. The van der Waals surface area contributed by atoms with E-state index in [1.54, 1.807) is 72.8 Å². The lowest BCUT2D eigenvalue weighted by Gasteiger charge is -2.28. The van der Waals surface area contributed by atoms with Crippen molar-refractivity contribution >= 4 is 35.8 Å². The van der Waals surface area contributed by atoms with Crippen LogP contribution in [-0.4, -0.2) is 181 Å². The fraction of sp³-hybridized carbons (Fsp3) is 0.440. The Kier molecular flexibility index (Phi) is 40.4. The summed E-state index contributed by atoms with van der Waals surface area (Å²) in [5.74, 6) is -7.77. The van der Waals surface area contributed by atoms with Crippen LogP contribution in [0.15, 0.2) is 146 Å². The topological polar surface area (TPSA) is 256 Å². The minimum Gasteiger partial charge on any atom is -0.489 e. The van der Waals surface area contributed by atoms with Crippen LogP contribution in [0.1, 0.15) is 91.2 Å². The number of carbonyl (C=O) groups is 6. The van der Waals surface area contributed by atoms with E-state index in [9.17, 15) is 134 Å². The van der Waals surface area contributed by atoms with Crippen LogP contribution in [0.2, 0.25) is 0 Å². The monoisotopic (exact) mass is 1760 g/mol. The van der Waals surface area contributed by atoms with Gasteiger partial charge in [-0.2, -0.15) is 71.3 Å². The number of para-hydroxylation sites is 3. The number of benzene rings is 6. The van der Waals surface area contributed by atoms with Crippen LogP contribution in [0.4, 0.5) is 105 Å². The largest absolute Gasteiger partial charge is 0.573 e. The highest BCUT2D eigenvalue weighted by Crippen LogP contribution is 2.36. The second-order valence-electron chi connectivity index (χ2n) is 25.1. The summed E-state index contributed by atoms with van der Waals surface area (Å²) < 4.78 is 350. The summed E-state index contributed by atoms with van der Waals surface area (Å²) in [6.07, 6.45) is -45.0. The molecular weight excluding hydrogens is 1690 g/mol. The number of ether oxygens (including phenoxy) is 9. The summed E-state index contributed by atoms with van der Waals surface area (Å²) in [5, 5.41) is 26.1. The predicted octanol–water partition coefficient (Wildman–Crippen LogP) is 17.9. The van der Waals surface area contributed by atoms with Gasteiger partial charge in [-0.1, -0.05) is 91.0 Å². The molecule has 0 heterocycles. The third kappa shape index (κ3) is 42.2. The third-order valence-corrected chi connectivity index (χ3v) is 15.9. The number of halogens is 24. The minimum atomic E-state index is -5.77. The third-order valence-electron chi connectivity index (χ3n) is 15.9. The van der Waals surface area contributed by atoms with Crippen molar-refractivity contribution in [2.75, 3.05) is 46.3 Å². The van der Waals surface area contributed by atoms with Crippen molar-refractivity contribution in [3.05, 3.63) is 179 Å². The maximum Gasteiger partial charge on any atom is 0.573 e. The van der Waals surface area contributed by atoms with Gasteiger partial charge >= 0.3 is 86.7 Å². The summed E-state index contributed by atoms with van der Waals surface area (Å²) in [6.45, 7) is -11.0. The molecule has 6 rings (SSSR count). The van der Waals surface area contributed by atoms with Crippen LogP contribution in [0, 0.1) is 0 Å². The van der Waals surface area contributed by atoms with Crippen molar-refractivity contribution in [1.29, 1.82) is 0 Å². The number of nitrogens with zero attached hydrogens (tertiary/aromatic N) is 3. The lowest BCUT2D eigenvalue weighted by Crippen LogP contribution is -2.49. The van der Waals surface area contributed by atoms with Gasteiger partial charge in [0.25, 0.3) is 0 Å². The number of rotatable bonds is 44. The fourth-order valence-electron chi connectivity index (χ4n) is 10.4. The van der Waals surface area contributed by atoms with E-state index in [-0.39, 0.29) is 48.7 Å². The Bertz CT molecular complexity index is 4150. The molecule has 666 valence electrons. The molecule has 6 aromatic rings. The molecule has 0 fully saturated rings. The van der Waals surface area contributed by atoms with Gasteiger partial charge in [-0.25, -0.2) is 4.39 Å². The van der Waals surface area contributed by atoms with Crippen molar-refractivity contribution in [2.24, 2.45) is 0 Å². The van der Waals surface area contributed by atoms with E-state index < -0.39 is 235 Å². The molecule has 3 N–H and O–H groups in total. The highest BCUT2D eigenvalue weighted by atomic mass is 19.4. The van der Waals surface area contributed by atoms with Crippen molar-refractivity contribution in [3.63, 3.8) is 0 Å². The summed E-state index contributed by atoms with van der Waals surface area (Å²) >= 11 is 0. The Morgan fingerprint density at radius 2 is 0.633 bits per heavy atom. The summed E-state index contributed by atoms with van der Waals surface area (Å²) in [4.78, 5) is 64.8. The van der Waals surface area contributed by atoms with Crippen LogP contribution in [-0.2, 0) is 81.5 Å². The van der Waals surface area contributed by atoms with E-state index in [2.05, 4.69) is 14.2 Å². The standard InChI is InChI=1S/C25H24F9NO6.C25H25F8NO6.C25H26F7NO6/c26-23(27,28)35(24(29,30)31)13-12-19(40-22(38)11-10-21(36)37)15-39-20-7-2-1-5-17(20)9-8-16-4-3-6-18(14-16)41-25(32,33)34;26-23(27)34(24(28,29)30)13-12-19(39-22(37)11-10-21(35)36)15-38-20-7-2-1-5-17(20)9-8-16-4-3-6-18(14-16)40-25(31,32)33;26-16-33(24(27,28)29)13-12-20(38-23(36)11-10-22(34)35)15-37-21-7-2-1-5-18(21)9-8-17-4-3-6-19(14-17)39-25(30,31)32/h1-7,14,19H,8-13,15H2,(H,36,37);1-7,14,19,23H,8-13,15H2,(H,35,36);1-7,14,20H,8-13,15-16H2,(H,34,35). The van der Waals surface area contributed by atoms with Crippen LogP contribution in [0.5, 0.6) is 34.5 Å². The quantitative estimate of drug-likeness (QED) is 0.0139. The molecule has 6 aromatic carbocycles. The van der Waals surface area contributed by atoms with Crippen molar-refractivity contribution in [3.8, 4) is 34.5 Å². The van der Waals surface area contributed by atoms with E-state index in [1.165, 1.54) is 54.6 Å². The Morgan fingerprint density at radius 1 is 0.342 bits per heavy atom. The first-order valence-electron chi connectivity index (χ1n) is 35.1. The molecule has 3 atom stereocenters. The highest BCUT2D eigenvalue weighted by Gasteiger charge is 2.54. The molecule has 0 radical (unpaired) electrons. The van der Waals surface area contributed by atoms with Gasteiger partial charge < -0.3 is 58.0 Å². The number of esters is 3. The highest BCUT2D eigenvalue weighted by molar-refractivity contribution is 5.78. The second kappa shape index (κ2) is 47.8. The Morgan fingerprint density at radius 3 is 0.892 bits per heavy atom. The van der Waals surface area contributed by atoms with E-state index >= 15 is 0 Å². The first-order valence-corrected chi connectivity index (χ1v) is 35.1. The van der Waals surface area contributed by atoms with E-state index in [0.29, 0.717) is 46.2 Å². The van der Waals surface area contributed by atoms with Gasteiger partial charge in [0, 0.05) is 38.9 Å². The van der Waals surface area contributed by atoms with Crippen LogP contribution in [0.25, 0.3) is 0 Å². The summed E-state index contributed by atoms with van der Waals surface area (Å²) in [6, 6.07) is 34.9. The Hall–Kier alpha value is -10.9. The van der Waals surface area contributed by atoms with E-state index in [1.807, 2.05) is 0 Å². The Labute approximate surface area is 666 Å². The maximum atomic E-state index is 12.9. The molecule has 0 saturated heterocycles. The molecule has 3 unspecified atom stereocenters. The van der Waals surface area contributed by atoms with Crippen LogP contribution >= 0.6 is 0 Å². The molecule has 0 amide bonds. The Balaban J connectivity index is 0.000000378. The molecule has 0 aromatic heterocycles. The number of carboxylic acids is 3. The van der Waals surface area contributed by atoms with E-state index in [0.717, 1.165) is 18.2 Å². The molecule has 0 aliphatic rings. The summed E-state index contributed by atoms with van der Waals surface area (Å²) in [7, 11) is 0. The number of carbonyl (C=O) groups excluding carboxylic acids is 3. The molecule has 0 bridgehead atoms. The van der Waals surface area contributed by atoms with Crippen LogP contribution < -0.4 is 28.4 Å². The SMILES string of the molecule is O=C(O)CCC(=O)OC(CCN(C(F)(F)F)C(F)(F)F)COc1ccccc1CCc1cccc(OC(F)(F)F)c1.O=C(O)CCC(=O)OC(CCN(C(F)F)C(F)(F)F)COc1ccccc1CCc1cccc(OC(F)(F)F)c1.O=C(O)CCC(=O)OC(CCN(CF)C(F)(F)F)COc1ccccc1CCc1cccc(OC(F)(F)F)c1. The number of hydrogen-bond donors (Lipinski definition) is 3. The van der Waals surface area contributed by atoms with Crippen LogP contribution in [0.3, 0.4) is 0 Å². The van der Waals surface area contributed by atoms with Gasteiger partial charge in [-0.3, -0.25) is 28.8 Å². The number of hydrogen-bond acceptors (Lipinski definition) is 18. The number of carboxylic acid groups (broad SMARTS) is 3.